The van der Waals surface area contributed by atoms with E-state index in [1.165, 1.54) is 0 Å². The average molecular weight is 507 g/mol. The van der Waals surface area contributed by atoms with Crippen LogP contribution in [-0.2, 0) is 20.7 Å². The molecule has 6 aliphatic rings. The van der Waals surface area contributed by atoms with E-state index in [4.69, 9.17) is 16.2 Å². The lowest BCUT2D eigenvalue weighted by Gasteiger charge is -2.53. The third kappa shape index (κ3) is 4.11. The first-order chi connectivity index (χ1) is 17.6. The fraction of sp³-hybridized carbons (Fsp3) is 0.690. The van der Waals surface area contributed by atoms with E-state index in [-0.39, 0.29) is 23.7 Å². The second-order valence-electron chi connectivity index (χ2n) is 12.9. The first kappa shape index (κ1) is 24.7. The summed E-state index contributed by atoms with van der Waals surface area (Å²) in [5.41, 5.74) is 13.0. The number of hydrogen-bond acceptors (Lipinski definition) is 7. The van der Waals surface area contributed by atoms with Crippen molar-refractivity contribution in [2.45, 2.75) is 94.5 Å². The molecule has 5 aliphatic carbocycles. The van der Waals surface area contributed by atoms with Gasteiger partial charge in [-0.25, -0.2) is 0 Å². The largest absolute Gasteiger partial charge is 0.508 e. The van der Waals surface area contributed by atoms with Gasteiger partial charge in [-0.05, 0) is 105 Å². The van der Waals surface area contributed by atoms with Crippen molar-refractivity contribution in [3.63, 3.8) is 0 Å². The minimum Gasteiger partial charge on any atom is -0.508 e. The Balaban J connectivity index is 1.21. The second-order valence-corrected chi connectivity index (χ2v) is 12.9. The van der Waals surface area contributed by atoms with E-state index in [2.05, 4.69) is 13.0 Å². The second kappa shape index (κ2) is 8.71. The number of rotatable bonds is 6. The number of nitrogens with zero attached hydrogens (tertiary/aromatic N) is 2. The lowest BCUT2D eigenvalue weighted by atomic mass is 9.57. The number of amides is 1. The SMILES string of the molecule is CC1C2CC(C#N)N(C(=O)C(N)C34CCC5CC(CC(OC(=O)C(N)Cc6ccc(O)cc6)(C5)C3)C4)C12. The van der Waals surface area contributed by atoms with E-state index >= 15 is 0 Å². The number of benzene rings is 1. The van der Waals surface area contributed by atoms with Crippen LogP contribution in [0.5, 0.6) is 5.75 Å². The molecule has 1 amide bonds. The van der Waals surface area contributed by atoms with Crippen LogP contribution in [0.25, 0.3) is 0 Å². The molecule has 8 heteroatoms. The highest BCUT2D eigenvalue weighted by Crippen LogP contribution is 2.62. The number of phenolic OH excluding ortho intramolecular Hbond substituents is 1. The van der Waals surface area contributed by atoms with E-state index < -0.39 is 29.1 Å². The Morgan fingerprint density at radius 1 is 1.19 bits per heavy atom. The molecule has 1 aliphatic heterocycles. The van der Waals surface area contributed by atoms with Gasteiger partial charge in [-0.1, -0.05) is 19.1 Å². The Kier molecular flexibility index (Phi) is 5.81. The maximum absolute atomic E-state index is 13.9. The van der Waals surface area contributed by atoms with Gasteiger partial charge >= 0.3 is 5.97 Å². The van der Waals surface area contributed by atoms with E-state index in [1.54, 1.807) is 29.2 Å². The highest BCUT2D eigenvalue weighted by molar-refractivity contribution is 5.84. The molecular formula is C29H38N4O4. The van der Waals surface area contributed by atoms with Gasteiger partial charge in [0, 0.05) is 6.04 Å². The number of likely N-dealkylation sites (tertiary alicyclic amines) is 1. The fourth-order valence-corrected chi connectivity index (χ4v) is 8.79. The predicted octanol–water partition coefficient (Wildman–Crippen LogP) is 2.62. The molecule has 5 saturated carbocycles. The molecule has 0 aromatic heterocycles. The van der Waals surface area contributed by atoms with E-state index in [0.29, 0.717) is 36.5 Å². The summed E-state index contributed by atoms with van der Waals surface area (Å²) in [6.07, 6.45) is 7.08. The number of hydrogen-bond donors (Lipinski definition) is 3. The maximum Gasteiger partial charge on any atom is 0.323 e. The van der Waals surface area contributed by atoms with Crippen LogP contribution in [0, 0.1) is 40.4 Å². The van der Waals surface area contributed by atoms with Crippen molar-refractivity contribution < 1.29 is 19.4 Å². The molecule has 0 spiro atoms. The van der Waals surface area contributed by atoms with Crippen LogP contribution in [0.1, 0.15) is 63.9 Å². The third-order valence-electron chi connectivity index (χ3n) is 10.4. The molecule has 5 N–H and O–H groups in total. The molecule has 10 unspecified atom stereocenters. The average Bonchev–Trinajstić information content (AvgIpc) is 3.38. The number of nitriles is 1. The van der Waals surface area contributed by atoms with Gasteiger partial charge in [-0.2, -0.15) is 5.26 Å². The van der Waals surface area contributed by atoms with Gasteiger partial charge in [0.25, 0.3) is 0 Å². The summed E-state index contributed by atoms with van der Waals surface area (Å²) in [5, 5.41) is 19.2. The Morgan fingerprint density at radius 3 is 2.65 bits per heavy atom. The molecule has 6 fully saturated rings. The molecular weight excluding hydrogens is 468 g/mol. The van der Waals surface area contributed by atoms with Crippen LogP contribution in [-0.4, -0.2) is 51.7 Å². The van der Waals surface area contributed by atoms with E-state index in [9.17, 15) is 20.0 Å². The summed E-state index contributed by atoms with van der Waals surface area (Å²) in [7, 11) is 0. The van der Waals surface area contributed by atoms with E-state index in [0.717, 1.165) is 50.5 Å². The first-order valence-corrected chi connectivity index (χ1v) is 13.9. The number of carbonyl (C=O) groups is 2. The Labute approximate surface area is 218 Å². The van der Waals surface area contributed by atoms with Crippen molar-refractivity contribution in [1.29, 1.82) is 5.26 Å². The summed E-state index contributed by atoms with van der Waals surface area (Å²) in [6, 6.07) is 7.28. The highest BCUT2D eigenvalue weighted by atomic mass is 16.6. The smallest absolute Gasteiger partial charge is 0.323 e. The van der Waals surface area contributed by atoms with Gasteiger partial charge in [0.2, 0.25) is 5.91 Å². The van der Waals surface area contributed by atoms with Gasteiger partial charge in [-0.15, -0.1) is 0 Å². The molecule has 0 radical (unpaired) electrons. The number of aromatic hydroxyl groups is 1. The summed E-state index contributed by atoms with van der Waals surface area (Å²) < 4.78 is 6.31. The summed E-state index contributed by atoms with van der Waals surface area (Å²) in [5.74, 6) is 1.34. The molecule has 4 bridgehead atoms. The van der Waals surface area contributed by atoms with Gasteiger partial charge in [0.15, 0.2) is 0 Å². The number of nitrogens with two attached hydrogens (primary N) is 2. The number of carbonyl (C=O) groups excluding carboxylic acids is 2. The molecule has 1 saturated heterocycles. The van der Waals surface area contributed by atoms with Crippen molar-refractivity contribution >= 4 is 11.9 Å². The summed E-state index contributed by atoms with van der Waals surface area (Å²) in [6.45, 7) is 2.15. The number of ether oxygens (including phenoxy) is 1. The maximum atomic E-state index is 13.9. The van der Waals surface area contributed by atoms with Gasteiger partial charge in [0.05, 0.1) is 12.1 Å². The van der Waals surface area contributed by atoms with Crippen molar-refractivity contribution in [2.24, 2.45) is 40.6 Å². The summed E-state index contributed by atoms with van der Waals surface area (Å²) in [4.78, 5) is 29.0. The fourth-order valence-electron chi connectivity index (χ4n) is 8.79. The van der Waals surface area contributed by atoms with Crippen molar-refractivity contribution in [1.82, 2.24) is 4.90 Å². The standard InChI is InChI=1S/C29H38N4O4/c1-16-22-10-20(14-30)33(24(16)22)26(35)25(32)28-7-6-18-8-19(11-28)13-29(12-18,15-28)37-27(36)23(31)9-17-2-4-21(34)5-3-17/h2-5,16,18-20,22-25,34H,6-13,15,31-32H2,1H3. The topological polar surface area (TPSA) is 143 Å². The number of phenols is 1. The third-order valence-corrected chi connectivity index (χ3v) is 10.4. The van der Waals surface area contributed by atoms with Crippen LogP contribution in [0.4, 0.5) is 0 Å². The summed E-state index contributed by atoms with van der Waals surface area (Å²) >= 11 is 0. The minimum atomic E-state index is -0.806. The Morgan fingerprint density at radius 2 is 1.92 bits per heavy atom. The van der Waals surface area contributed by atoms with Gasteiger partial charge in [0.1, 0.15) is 23.4 Å². The normalized spacial score (nSPS) is 40.9. The van der Waals surface area contributed by atoms with E-state index in [1.807, 2.05) is 0 Å². The zero-order valence-corrected chi connectivity index (χ0v) is 21.5. The van der Waals surface area contributed by atoms with Crippen molar-refractivity contribution in [2.75, 3.05) is 0 Å². The number of fused-ring (bicyclic) bond motifs is 2. The highest BCUT2D eigenvalue weighted by Gasteiger charge is 2.64. The lowest BCUT2D eigenvalue weighted by molar-refractivity contribution is -0.182. The zero-order valence-electron chi connectivity index (χ0n) is 21.5. The predicted molar refractivity (Wildman–Crippen MR) is 136 cm³/mol. The van der Waals surface area contributed by atoms with Crippen molar-refractivity contribution in [3.8, 4) is 11.8 Å². The van der Waals surface area contributed by atoms with Crippen LogP contribution in [0.2, 0.25) is 0 Å². The lowest BCUT2D eigenvalue weighted by Crippen LogP contribution is -2.61. The molecule has 198 valence electrons. The van der Waals surface area contributed by atoms with Crippen LogP contribution < -0.4 is 11.5 Å². The molecule has 10 atom stereocenters. The molecule has 8 nitrogen and oxygen atoms in total. The van der Waals surface area contributed by atoms with Crippen molar-refractivity contribution in [3.05, 3.63) is 29.8 Å². The molecule has 7 rings (SSSR count). The molecule has 37 heavy (non-hydrogen) atoms. The Hall–Kier alpha value is -2.63. The van der Waals surface area contributed by atoms with Gasteiger partial charge < -0.3 is 26.2 Å². The van der Waals surface area contributed by atoms with Crippen LogP contribution in [0.3, 0.4) is 0 Å². The number of piperidine rings is 1. The zero-order chi connectivity index (χ0) is 26.1. The van der Waals surface area contributed by atoms with Crippen LogP contribution >= 0.6 is 0 Å². The van der Waals surface area contributed by atoms with Gasteiger partial charge in [-0.3, -0.25) is 9.59 Å². The number of esters is 1. The molecule has 1 heterocycles. The van der Waals surface area contributed by atoms with Crippen LogP contribution in [0.15, 0.2) is 24.3 Å². The monoisotopic (exact) mass is 506 g/mol. The quantitative estimate of drug-likeness (QED) is 0.503. The minimum absolute atomic E-state index is 0.0892. The molecule has 1 aromatic carbocycles. The Bertz CT molecular complexity index is 1130. The molecule has 1 aromatic rings. The first-order valence-electron chi connectivity index (χ1n) is 13.9.